The minimum atomic E-state index is 0.712. The van der Waals surface area contributed by atoms with Gasteiger partial charge in [-0.05, 0) is 64.0 Å². The van der Waals surface area contributed by atoms with Gasteiger partial charge in [-0.15, -0.1) is 11.3 Å². The maximum Gasteiger partial charge on any atom is 0.140 e. The molecule has 0 atom stereocenters. The molecule has 6 heteroatoms. The highest BCUT2D eigenvalue weighted by Gasteiger charge is 2.24. The summed E-state index contributed by atoms with van der Waals surface area (Å²) < 4.78 is 7.79. The number of aliphatic imine (C=N–C) groups is 1. The summed E-state index contributed by atoms with van der Waals surface area (Å²) in [6.45, 7) is 8.57. The quantitative estimate of drug-likeness (QED) is 0.613. The van der Waals surface area contributed by atoms with E-state index in [2.05, 4.69) is 42.5 Å². The normalized spacial score (nSPS) is 20.9. The van der Waals surface area contributed by atoms with Crippen molar-refractivity contribution >= 4 is 22.9 Å². The second-order valence-corrected chi connectivity index (χ2v) is 10.5. The summed E-state index contributed by atoms with van der Waals surface area (Å²) in [5.74, 6) is 1.12. The Balaban J connectivity index is 1.29. The summed E-state index contributed by atoms with van der Waals surface area (Å²) in [6, 6.07) is 3.02. The summed E-state index contributed by atoms with van der Waals surface area (Å²) in [5, 5.41) is 1.13. The lowest BCUT2D eigenvalue weighted by atomic mass is 10.0. The zero-order valence-corrected chi connectivity index (χ0v) is 19.9. The lowest BCUT2D eigenvalue weighted by Crippen LogP contribution is -2.40. The molecule has 1 fully saturated rings. The molecule has 5 heterocycles. The van der Waals surface area contributed by atoms with Crippen molar-refractivity contribution in [1.82, 2.24) is 14.5 Å². The predicted molar refractivity (Wildman–Crippen MR) is 129 cm³/mol. The second-order valence-electron chi connectivity index (χ2n) is 9.26. The maximum absolute atomic E-state index is 5.56. The molecule has 0 spiro atoms. The molecular weight excluding hydrogens is 404 g/mol. The van der Waals surface area contributed by atoms with Crippen molar-refractivity contribution in [2.45, 2.75) is 64.8 Å². The molecule has 1 saturated heterocycles. The molecule has 0 radical (unpaired) electrons. The average molecular weight is 439 g/mol. The number of hydrogen-bond donors (Lipinski definition) is 0. The van der Waals surface area contributed by atoms with E-state index in [4.69, 9.17) is 14.7 Å². The molecule has 2 aromatic heterocycles. The molecule has 0 unspecified atom stereocenters. The first kappa shape index (κ1) is 21.1. The average Bonchev–Trinajstić information content (AvgIpc) is 3.19. The van der Waals surface area contributed by atoms with Crippen LogP contribution in [0.3, 0.4) is 0 Å². The third-order valence-corrected chi connectivity index (χ3v) is 8.15. The molecule has 0 N–H and O–H groups in total. The fourth-order valence-corrected chi connectivity index (χ4v) is 6.15. The number of thiazole rings is 1. The molecule has 0 saturated carbocycles. The van der Waals surface area contributed by atoms with Crippen LogP contribution in [-0.4, -0.2) is 52.5 Å². The van der Waals surface area contributed by atoms with E-state index in [0.717, 1.165) is 56.1 Å². The Hall–Kier alpha value is -1.76. The van der Waals surface area contributed by atoms with Crippen molar-refractivity contribution < 1.29 is 4.74 Å². The maximum atomic E-state index is 5.56. The van der Waals surface area contributed by atoms with Gasteiger partial charge in [-0.2, -0.15) is 0 Å². The fourth-order valence-electron chi connectivity index (χ4n) is 5.17. The van der Waals surface area contributed by atoms with E-state index < -0.39 is 0 Å². The molecule has 2 aromatic rings. The summed E-state index contributed by atoms with van der Waals surface area (Å²) in [5.41, 5.74) is 6.61. The Kier molecular flexibility index (Phi) is 6.13. The lowest BCUT2D eigenvalue weighted by Gasteiger charge is -2.33. The van der Waals surface area contributed by atoms with Gasteiger partial charge in [0.2, 0.25) is 0 Å². The minimum Gasteiger partial charge on any atom is -0.381 e. The fraction of sp³-hybridized carbons (Fsp3) is 0.600. The van der Waals surface area contributed by atoms with Gasteiger partial charge in [0.25, 0.3) is 0 Å². The van der Waals surface area contributed by atoms with Crippen molar-refractivity contribution in [3.63, 3.8) is 0 Å². The topological polar surface area (TPSA) is 42.6 Å². The van der Waals surface area contributed by atoms with E-state index in [1.54, 1.807) is 5.57 Å². The van der Waals surface area contributed by atoms with Crippen molar-refractivity contribution in [3.8, 4) is 10.7 Å². The SMILES string of the molecule is CC1=Nc2c(cc(-c3nc(CC4=CCCN(C5CCOCC5)CC4)c(C)s3)n2C)CC1. The number of rotatable bonds is 4. The van der Waals surface area contributed by atoms with Gasteiger partial charge in [-0.25, -0.2) is 9.98 Å². The highest BCUT2D eigenvalue weighted by atomic mass is 32.1. The van der Waals surface area contributed by atoms with Crippen LogP contribution >= 0.6 is 11.3 Å². The smallest absolute Gasteiger partial charge is 0.140 e. The van der Waals surface area contributed by atoms with Crippen molar-refractivity contribution in [3.05, 3.63) is 33.9 Å². The van der Waals surface area contributed by atoms with Gasteiger partial charge in [0, 0.05) is 56.4 Å². The van der Waals surface area contributed by atoms with Gasteiger partial charge in [0.15, 0.2) is 0 Å². The van der Waals surface area contributed by atoms with Crippen molar-refractivity contribution in [1.29, 1.82) is 0 Å². The molecule has 3 aliphatic rings. The van der Waals surface area contributed by atoms with Gasteiger partial charge < -0.3 is 9.30 Å². The monoisotopic (exact) mass is 438 g/mol. The van der Waals surface area contributed by atoms with E-state index in [1.165, 1.54) is 53.5 Å². The number of hydrogen-bond acceptors (Lipinski definition) is 5. The number of ether oxygens (including phenoxy) is 1. The number of aryl methyl sites for hydroxylation is 2. The van der Waals surface area contributed by atoms with Crippen LogP contribution < -0.4 is 0 Å². The van der Waals surface area contributed by atoms with E-state index in [1.807, 2.05) is 11.3 Å². The Morgan fingerprint density at radius 2 is 1.97 bits per heavy atom. The Labute approximate surface area is 189 Å². The molecule has 3 aliphatic heterocycles. The first-order valence-electron chi connectivity index (χ1n) is 11.8. The standard InChI is InChI=1S/C25H34N4OS/c1-17-6-7-20-16-23(28(3)24(20)26-17)25-27-22(18(2)31-25)15-19-5-4-11-29(12-8-19)21-9-13-30-14-10-21/h5,16,21H,4,6-15H2,1-3H3. The van der Waals surface area contributed by atoms with Gasteiger partial charge in [0.05, 0.1) is 11.4 Å². The van der Waals surface area contributed by atoms with E-state index in [-0.39, 0.29) is 0 Å². The van der Waals surface area contributed by atoms with E-state index in [9.17, 15) is 0 Å². The summed E-state index contributed by atoms with van der Waals surface area (Å²) in [6.07, 6.45) is 10.3. The Bertz CT molecular complexity index is 1010. The summed E-state index contributed by atoms with van der Waals surface area (Å²) >= 11 is 1.83. The van der Waals surface area contributed by atoms with Crippen LogP contribution in [-0.2, 0) is 24.6 Å². The van der Waals surface area contributed by atoms with Gasteiger partial charge in [-0.1, -0.05) is 11.6 Å². The third-order valence-electron chi connectivity index (χ3n) is 7.11. The third kappa shape index (κ3) is 4.43. The molecule has 0 amide bonds. The second kappa shape index (κ2) is 9.00. The molecule has 0 aromatic carbocycles. The highest BCUT2D eigenvalue weighted by Crippen LogP contribution is 2.37. The van der Waals surface area contributed by atoms with Crippen LogP contribution in [0, 0.1) is 6.92 Å². The Morgan fingerprint density at radius 1 is 1.13 bits per heavy atom. The van der Waals surface area contributed by atoms with E-state index in [0.29, 0.717) is 6.04 Å². The largest absolute Gasteiger partial charge is 0.381 e. The van der Waals surface area contributed by atoms with Crippen molar-refractivity contribution in [2.24, 2.45) is 12.0 Å². The minimum absolute atomic E-state index is 0.712. The van der Waals surface area contributed by atoms with Gasteiger partial charge in [0.1, 0.15) is 10.8 Å². The first-order chi connectivity index (χ1) is 15.1. The van der Waals surface area contributed by atoms with Crippen LogP contribution in [0.15, 0.2) is 22.7 Å². The summed E-state index contributed by atoms with van der Waals surface area (Å²) in [4.78, 5) is 14.0. The zero-order valence-electron chi connectivity index (χ0n) is 19.1. The first-order valence-corrected chi connectivity index (χ1v) is 12.6. The molecule has 5 rings (SSSR count). The zero-order chi connectivity index (χ0) is 21.4. The molecule has 31 heavy (non-hydrogen) atoms. The van der Waals surface area contributed by atoms with Gasteiger partial charge >= 0.3 is 0 Å². The lowest BCUT2D eigenvalue weighted by molar-refractivity contribution is 0.0356. The molecule has 0 aliphatic carbocycles. The molecule has 166 valence electrons. The van der Waals surface area contributed by atoms with Crippen molar-refractivity contribution in [2.75, 3.05) is 26.3 Å². The number of aromatic nitrogens is 2. The summed E-state index contributed by atoms with van der Waals surface area (Å²) in [7, 11) is 2.13. The van der Waals surface area contributed by atoms with Crippen LogP contribution in [0.1, 0.15) is 55.2 Å². The van der Waals surface area contributed by atoms with Crippen LogP contribution in [0.25, 0.3) is 10.7 Å². The molecular formula is C25H34N4OS. The van der Waals surface area contributed by atoms with Crippen LogP contribution in [0.4, 0.5) is 5.82 Å². The predicted octanol–water partition coefficient (Wildman–Crippen LogP) is 5.24. The molecule has 0 bridgehead atoms. The highest BCUT2D eigenvalue weighted by molar-refractivity contribution is 7.15. The number of fused-ring (bicyclic) bond motifs is 1. The van der Waals surface area contributed by atoms with Crippen LogP contribution in [0.2, 0.25) is 0 Å². The number of nitrogens with zero attached hydrogens (tertiary/aromatic N) is 4. The Morgan fingerprint density at radius 3 is 2.81 bits per heavy atom. The van der Waals surface area contributed by atoms with Crippen LogP contribution in [0.5, 0.6) is 0 Å². The van der Waals surface area contributed by atoms with E-state index >= 15 is 0 Å². The van der Waals surface area contributed by atoms with Gasteiger partial charge in [-0.3, -0.25) is 4.90 Å². The molecule has 5 nitrogen and oxygen atoms in total.